The van der Waals surface area contributed by atoms with Crippen molar-refractivity contribution in [2.45, 2.75) is 44.6 Å². The molecule has 1 aromatic rings. The molecule has 0 spiro atoms. The second-order valence-electron chi connectivity index (χ2n) is 5.01. The number of nitriles is 1. The molecule has 1 aliphatic rings. The van der Waals surface area contributed by atoms with E-state index in [1.165, 1.54) is 12.5 Å². The van der Waals surface area contributed by atoms with Crippen LogP contribution in [0.5, 0.6) is 0 Å². The Balaban J connectivity index is 2.02. The van der Waals surface area contributed by atoms with Gasteiger partial charge in [-0.2, -0.15) is 5.26 Å². The monoisotopic (exact) mass is 246 g/mol. The van der Waals surface area contributed by atoms with Gasteiger partial charge in [-0.25, -0.2) is 0 Å². The largest absolute Gasteiger partial charge is 0.472 e. The Morgan fingerprint density at radius 1 is 1.61 bits per heavy atom. The van der Waals surface area contributed by atoms with Crippen LogP contribution in [0.2, 0.25) is 0 Å². The highest BCUT2D eigenvalue weighted by molar-refractivity contribution is 5.94. The fourth-order valence-electron chi connectivity index (χ4n) is 2.53. The lowest BCUT2D eigenvalue weighted by atomic mass is 9.76. The number of furan rings is 1. The van der Waals surface area contributed by atoms with Crippen LogP contribution in [-0.2, 0) is 0 Å². The molecule has 0 bridgehead atoms. The lowest BCUT2D eigenvalue weighted by Crippen LogP contribution is -2.49. The fraction of sp³-hybridized carbons (Fsp3) is 0.571. The van der Waals surface area contributed by atoms with Crippen molar-refractivity contribution < 1.29 is 9.21 Å². The van der Waals surface area contributed by atoms with Crippen molar-refractivity contribution in [3.05, 3.63) is 24.2 Å². The maximum atomic E-state index is 12.0. The number of carbonyl (C=O) groups is 1. The molecule has 18 heavy (non-hydrogen) atoms. The molecule has 1 fully saturated rings. The first-order valence-corrected chi connectivity index (χ1v) is 6.45. The van der Waals surface area contributed by atoms with Crippen LogP contribution in [-0.4, -0.2) is 11.4 Å². The summed E-state index contributed by atoms with van der Waals surface area (Å²) in [4.78, 5) is 12.0. The van der Waals surface area contributed by atoms with Gasteiger partial charge in [-0.05, 0) is 37.7 Å². The van der Waals surface area contributed by atoms with Crippen LogP contribution in [0.3, 0.4) is 0 Å². The number of hydrogen-bond donors (Lipinski definition) is 1. The molecule has 0 atom stereocenters. The average Bonchev–Trinajstić information content (AvgIpc) is 2.93. The lowest BCUT2D eigenvalue weighted by molar-refractivity contribution is 0.0890. The van der Waals surface area contributed by atoms with Crippen LogP contribution in [0, 0.1) is 17.2 Å². The predicted molar refractivity (Wildman–Crippen MR) is 66.8 cm³/mol. The van der Waals surface area contributed by atoms with Crippen molar-refractivity contribution in [2.24, 2.45) is 5.92 Å². The quantitative estimate of drug-likeness (QED) is 0.891. The van der Waals surface area contributed by atoms with Crippen LogP contribution >= 0.6 is 0 Å². The molecular weight excluding hydrogens is 228 g/mol. The summed E-state index contributed by atoms with van der Waals surface area (Å²) < 4.78 is 4.88. The molecule has 1 aliphatic carbocycles. The zero-order valence-corrected chi connectivity index (χ0v) is 10.6. The van der Waals surface area contributed by atoms with Gasteiger partial charge in [0.15, 0.2) is 0 Å². The van der Waals surface area contributed by atoms with Gasteiger partial charge in [0.1, 0.15) is 11.8 Å². The molecule has 0 radical (unpaired) electrons. The molecule has 0 unspecified atom stereocenters. The van der Waals surface area contributed by atoms with Crippen molar-refractivity contribution >= 4 is 5.91 Å². The minimum absolute atomic E-state index is 0.222. The van der Waals surface area contributed by atoms with Gasteiger partial charge in [0.2, 0.25) is 0 Å². The summed E-state index contributed by atoms with van der Waals surface area (Å²) in [6, 6.07) is 3.90. The van der Waals surface area contributed by atoms with E-state index in [1.807, 2.05) is 0 Å². The average molecular weight is 246 g/mol. The smallest absolute Gasteiger partial charge is 0.255 e. The van der Waals surface area contributed by atoms with E-state index >= 15 is 0 Å². The number of hydrogen-bond acceptors (Lipinski definition) is 3. The molecule has 1 amide bonds. The van der Waals surface area contributed by atoms with Crippen LogP contribution in [0.25, 0.3) is 0 Å². The Kier molecular flexibility index (Phi) is 3.71. The molecule has 2 rings (SSSR count). The fourth-order valence-corrected chi connectivity index (χ4v) is 2.53. The third-order valence-corrected chi connectivity index (χ3v) is 3.89. The molecule has 1 saturated carbocycles. The number of nitrogens with one attached hydrogen (secondary N) is 1. The van der Waals surface area contributed by atoms with Crippen molar-refractivity contribution in [3.63, 3.8) is 0 Å². The van der Waals surface area contributed by atoms with E-state index in [1.54, 1.807) is 6.07 Å². The summed E-state index contributed by atoms with van der Waals surface area (Å²) in [7, 11) is 0. The topological polar surface area (TPSA) is 66.0 Å². The second kappa shape index (κ2) is 5.26. The SMILES string of the molecule is CCC1CCC(C#N)(NC(=O)c2ccoc2)CC1. The number of carbonyl (C=O) groups excluding carboxylic acids is 1. The molecule has 0 aromatic carbocycles. The summed E-state index contributed by atoms with van der Waals surface area (Å²) in [6.07, 6.45) is 7.51. The molecule has 0 aliphatic heterocycles. The highest BCUT2D eigenvalue weighted by atomic mass is 16.3. The highest BCUT2D eigenvalue weighted by Gasteiger charge is 2.36. The van der Waals surface area contributed by atoms with E-state index in [4.69, 9.17) is 4.42 Å². The standard InChI is InChI=1S/C14H18N2O2/c1-2-11-3-6-14(10-15,7-4-11)16-13(17)12-5-8-18-9-12/h5,8-9,11H,2-4,6-7H2,1H3,(H,16,17). The zero-order valence-electron chi connectivity index (χ0n) is 10.6. The van der Waals surface area contributed by atoms with Crippen molar-refractivity contribution in [3.8, 4) is 6.07 Å². The van der Waals surface area contributed by atoms with Gasteiger partial charge in [0, 0.05) is 0 Å². The Morgan fingerprint density at radius 3 is 2.83 bits per heavy atom. The van der Waals surface area contributed by atoms with Gasteiger partial charge < -0.3 is 9.73 Å². The minimum atomic E-state index is -0.694. The van der Waals surface area contributed by atoms with E-state index < -0.39 is 5.54 Å². The first-order chi connectivity index (χ1) is 8.69. The molecule has 1 heterocycles. The summed E-state index contributed by atoms with van der Waals surface area (Å²) in [6.45, 7) is 2.17. The molecule has 96 valence electrons. The van der Waals surface area contributed by atoms with E-state index in [0.29, 0.717) is 11.5 Å². The van der Waals surface area contributed by atoms with Crippen molar-refractivity contribution in [2.75, 3.05) is 0 Å². The van der Waals surface area contributed by atoms with Crippen LogP contribution in [0.4, 0.5) is 0 Å². The summed E-state index contributed by atoms with van der Waals surface area (Å²) in [5.74, 6) is 0.470. The first-order valence-electron chi connectivity index (χ1n) is 6.45. The summed E-state index contributed by atoms with van der Waals surface area (Å²) in [5.41, 5.74) is -0.220. The minimum Gasteiger partial charge on any atom is -0.472 e. The number of nitrogens with zero attached hydrogens (tertiary/aromatic N) is 1. The molecule has 0 saturated heterocycles. The lowest BCUT2D eigenvalue weighted by Gasteiger charge is -2.35. The molecule has 1 N–H and O–H groups in total. The Hall–Kier alpha value is -1.76. The Morgan fingerprint density at radius 2 is 2.33 bits per heavy atom. The maximum Gasteiger partial charge on any atom is 0.255 e. The number of rotatable bonds is 3. The predicted octanol–water partition coefficient (Wildman–Crippen LogP) is 2.87. The van der Waals surface area contributed by atoms with Gasteiger partial charge in [-0.15, -0.1) is 0 Å². The molecular formula is C14H18N2O2. The van der Waals surface area contributed by atoms with Gasteiger partial charge >= 0.3 is 0 Å². The molecule has 1 aromatic heterocycles. The Bertz CT molecular complexity index is 437. The van der Waals surface area contributed by atoms with E-state index in [-0.39, 0.29) is 5.91 Å². The molecule has 4 nitrogen and oxygen atoms in total. The van der Waals surface area contributed by atoms with Gasteiger partial charge in [0.05, 0.1) is 17.9 Å². The van der Waals surface area contributed by atoms with Gasteiger partial charge in [-0.3, -0.25) is 4.79 Å². The van der Waals surface area contributed by atoms with E-state index in [9.17, 15) is 10.1 Å². The van der Waals surface area contributed by atoms with Gasteiger partial charge in [0.25, 0.3) is 5.91 Å². The number of amides is 1. The maximum absolute atomic E-state index is 12.0. The third-order valence-electron chi connectivity index (χ3n) is 3.89. The Labute approximate surface area is 107 Å². The first kappa shape index (κ1) is 12.7. The van der Waals surface area contributed by atoms with E-state index in [0.717, 1.165) is 32.1 Å². The summed E-state index contributed by atoms with van der Waals surface area (Å²) in [5, 5.41) is 12.2. The normalized spacial score (nSPS) is 27.4. The zero-order chi connectivity index (χ0) is 13.0. The van der Waals surface area contributed by atoms with Gasteiger partial charge in [-0.1, -0.05) is 13.3 Å². The second-order valence-corrected chi connectivity index (χ2v) is 5.01. The summed E-state index contributed by atoms with van der Waals surface area (Å²) >= 11 is 0. The van der Waals surface area contributed by atoms with Crippen molar-refractivity contribution in [1.82, 2.24) is 5.32 Å². The van der Waals surface area contributed by atoms with Crippen LogP contribution in [0.15, 0.2) is 23.0 Å². The molecule has 4 heteroatoms. The highest BCUT2D eigenvalue weighted by Crippen LogP contribution is 2.33. The third kappa shape index (κ3) is 2.56. The van der Waals surface area contributed by atoms with Crippen LogP contribution in [0.1, 0.15) is 49.4 Å². The van der Waals surface area contributed by atoms with Crippen LogP contribution < -0.4 is 5.32 Å². The van der Waals surface area contributed by atoms with E-state index in [2.05, 4.69) is 18.3 Å². The van der Waals surface area contributed by atoms with Crippen molar-refractivity contribution in [1.29, 1.82) is 5.26 Å².